The maximum Gasteiger partial charge on any atom is 0.243 e. The maximum atomic E-state index is 13.0. The third-order valence-electron chi connectivity index (χ3n) is 4.42. The number of fused-ring (bicyclic) bond motifs is 1. The monoisotopic (exact) mass is 354 g/mol. The van der Waals surface area contributed by atoms with Gasteiger partial charge < -0.3 is 5.73 Å². The second-order valence-electron chi connectivity index (χ2n) is 5.93. The average molecular weight is 355 g/mol. The molecule has 2 aromatic rings. The van der Waals surface area contributed by atoms with E-state index >= 15 is 0 Å². The fourth-order valence-corrected chi connectivity index (χ4v) is 5.05. The second kappa shape index (κ2) is 7.62. The molecule has 1 aliphatic rings. The standard InChI is InChI=1S/C17H22N2O2S.ClH/c18-11-10-14-5-4-12-19(13-14)22(20,21)17-9-3-7-15-6-1-2-8-16(15)17;/h1-3,6-9,14H,4-5,10-13,18H2;1H. The zero-order chi connectivity index (χ0) is 15.6. The van der Waals surface area contributed by atoms with E-state index in [1.807, 2.05) is 36.4 Å². The summed E-state index contributed by atoms with van der Waals surface area (Å²) in [6.07, 6.45) is 2.87. The molecule has 0 aliphatic carbocycles. The number of benzene rings is 2. The van der Waals surface area contributed by atoms with Crippen molar-refractivity contribution in [1.82, 2.24) is 4.31 Å². The van der Waals surface area contributed by atoms with E-state index in [1.165, 1.54) is 0 Å². The minimum absolute atomic E-state index is 0. The number of nitrogens with zero attached hydrogens (tertiary/aromatic N) is 1. The Hall–Kier alpha value is -1.14. The summed E-state index contributed by atoms with van der Waals surface area (Å²) in [7, 11) is -3.45. The van der Waals surface area contributed by atoms with E-state index in [4.69, 9.17) is 5.73 Å². The van der Waals surface area contributed by atoms with Crippen LogP contribution < -0.4 is 5.73 Å². The van der Waals surface area contributed by atoms with Crippen LogP contribution in [0.4, 0.5) is 0 Å². The number of sulfonamides is 1. The summed E-state index contributed by atoms with van der Waals surface area (Å²) < 4.78 is 27.7. The predicted molar refractivity (Wildman–Crippen MR) is 96.4 cm³/mol. The van der Waals surface area contributed by atoms with Gasteiger partial charge in [0.15, 0.2) is 0 Å². The molecule has 0 spiro atoms. The average Bonchev–Trinajstić information content (AvgIpc) is 2.55. The molecule has 0 radical (unpaired) electrons. The zero-order valence-corrected chi connectivity index (χ0v) is 14.7. The molecule has 0 aromatic heterocycles. The molecule has 0 bridgehead atoms. The van der Waals surface area contributed by atoms with Crippen molar-refractivity contribution in [2.75, 3.05) is 19.6 Å². The predicted octanol–water partition coefficient (Wildman–Crippen LogP) is 3.01. The Kier molecular flexibility index (Phi) is 6.03. The number of rotatable bonds is 4. The highest BCUT2D eigenvalue weighted by atomic mass is 35.5. The van der Waals surface area contributed by atoms with Crippen molar-refractivity contribution in [3.8, 4) is 0 Å². The highest BCUT2D eigenvalue weighted by Gasteiger charge is 2.30. The summed E-state index contributed by atoms with van der Waals surface area (Å²) in [5.41, 5.74) is 5.63. The van der Waals surface area contributed by atoms with E-state index in [9.17, 15) is 8.42 Å². The van der Waals surface area contributed by atoms with Gasteiger partial charge in [0, 0.05) is 18.5 Å². The summed E-state index contributed by atoms with van der Waals surface area (Å²) >= 11 is 0. The van der Waals surface area contributed by atoms with Gasteiger partial charge in [-0.1, -0.05) is 36.4 Å². The van der Waals surface area contributed by atoms with E-state index in [-0.39, 0.29) is 12.4 Å². The number of hydrogen-bond acceptors (Lipinski definition) is 3. The third-order valence-corrected chi connectivity index (χ3v) is 6.35. The van der Waals surface area contributed by atoms with Gasteiger partial charge in [-0.15, -0.1) is 12.4 Å². The minimum atomic E-state index is -3.45. The van der Waals surface area contributed by atoms with Crippen molar-refractivity contribution >= 4 is 33.2 Å². The summed E-state index contributed by atoms with van der Waals surface area (Å²) in [4.78, 5) is 0.416. The molecule has 23 heavy (non-hydrogen) atoms. The molecule has 1 heterocycles. The van der Waals surface area contributed by atoms with Gasteiger partial charge in [-0.3, -0.25) is 0 Å². The largest absolute Gasteiger partial charge is 0.330 e. The van der Waals surface area contributed by atoms with Gasteiger partial charge in [0.05, 0.1) is 4.90 Å². The molecule has 1 atom stereocenters. The van der Waals surface area contributed by atoms with Crippen molar-refractivity contribution in [2.45, 2.75) is 24.2 Å². The number of nitrogens with two attached hydrogens (primary N) is 1. The maximum absolute atomic E-state index is 13.0. The van der Waals surface area contributed by atoms with Crippen LogP contribution >= 0.6 is 12.4 Å². The van der Waals surface area contributed by atoms with Crippen LogP contribution in [0.3, 0.4) is 0 Å². The first kappa shape index (κ1) is 18.2. The van der Waals surface area contributed by atoms with Crippen molar-refractivity contribution in [3.63, 3.8) is 0 Å². The lowest BCUT2D eigenvalue weighted by Gasteiger charge is -2.32. The molecule has 0 saturated carbocycles. The summed E-state index contributed by atoms with van der Waals surface area (Å²) in [5.74, 6) is 0.378. The molecule has 1 fully saturated rings. The Balaban J connectivity index is 0.00000192. The smallest absolute Gasteiger partial charge is 0.243 e. The SMILES string of the molecule is Cl.NCCC1CCCN(S(=O)(=O)c2cccc3ccccc23)C1. The normalized spacial score (nSPS) is 19.4. The summed E-state index contributed by atoms with van der Waals surface area (Å²) in [5, 5.41) is 1.75. The second-order valence-corrected chi connectivity index (χ2v) is 7.83. The topological polar surface area (TPSA) is 63.4 Å². The quantitative estimate of drug-likeness (QED) is 0.917. The van der Waals surface area contributed by atoms with Crippen LogP contribution in [0.2, 0.25) is 0 Å². The lowest BCUT2D eigenvalue weighted by atomic mass is 9.96. The van der Waals surface area contributed by atoms with Crippen molar-refractivity contribution < 1.29 is 8.42 Å². The molecule has 2 aromatic carbocycles. The summed E-state index contributed by atoms with van der Waals surface area (Å²) in [6, 6.07) is 13.1. The first-order valence-corrected chi connectivity index (χ1v) is 9.25. The van der Waals surface area contributed by atoms with Gasteiger partial charge in [0.2, 0.25) is 10.0 Å². The molecular formula is C17H23ClN2O2S. The fraction of sp³-hybridized carbons (Fsp3) is 0.412. The molecule has 1 aliphatic heterocycles. The van der Waals surface area contributed by atoms with Crippen molar-refractivity contribution in [2.24, 2.45) is 11.7 Å². The Bertz CT molecular complexity index is 757. The Morgan fingerprint density at radius 2 is 1.87 bits per heavy atom. The van der Waals surface area contributed by atoms with Crippen LogP contribution in [0.25, 0.3) is 10.8 Å². The number of halogens is 1. The molecule has 4 nitrogen and oxygen atoms in total. The van der Waals surface area contributed by atoms with Gasteiger partial charge >= 0.3 is 0 Å². The van der Waals surface area contributed by atoms with Crippen molar-refractivity contribution in [1.29, 1.82) is 0 Å². The van der Waals surface area contributed by atoms with Crippen LogP contribution in [0.1, 0.15) is 19.3 Å². The Morgan fingerprint density at radius 1 is 1.13 bits per heavy atom. The van der Waals surface area contributed by atoms with E-state index in [0.29, 0.717) is 30.4 Å². The van der Waals surface area contributed by atoms with Crippen LogP contribution in [0.15, 0.2) is 47.4 Å². The molecular weight excluding hydrogens is 332 g/mol. The lowest BCUT2D eigenvalue weighted by molar-refractivity contribution is 0.258. The minimum Gasteiger partial charge on any atom is -0.330 e. The van der Waals surface area contributed by atoms with Crippen LogP contribution in [-0.4, -0.2) is 32.4 Å². The fourth-order valence-electron chi connectivity index (χ4n) is 3.28. The lowest BCUT2D eigenvalue weighted by Crippen LogP contribution is -2.40. The van der Waals surface area contributed by atoms with Gasteiger partial charge in [-0.2, -0.15) is 4.31 Å². The van der Waals surface area contributed by atoms with Crippen LogP contribution in [0, 0.1) is 5.92 Å². The first-order valence-electron chi connectivity index (χ1n) is 7.81. The molecule has 1 saturated heterocycles. The number of piperidine rings is 1. The van der Waals surface area contributed by atoms with Crippen LogP contribution in [-0.2, 0) is 10.0 Å². The van der Waals surface area contributed by atoms with E-state index < -0.39 is 10.0 Å². The van der Waals surface area contributed by atoms with Gasteiger partial charge in [-0.05, 0) is 43.2 Å². The molecule has 6 heteroatoms. The van der Waals surface area contributed by atoms with E-state index in [2.05, 4.69) is 0 Å². The van der Waals surface area contributed by atoms with Crippen molar-refractivity contribution in [3.05, 3.63) is 42.5 Å². The third kappa shape index (κ3) is 3.69. The molecule has 3 rings (SSSR count). The van der Waals surface area contributed by atoms with E-state index in [0.717, 1.165) is 30.0 Å². The molecule has 1 unspecified atom stereocenters. The van der Waals surface area contributed by atoms with E-state index in [1.54, 1.807) is 10.4 Å². The summed E-state index contributed by atoms with van der Waals surface area (Å²) in [6.45, 7) is 1.81. The highest BCUT2D eigenvalue weighted by Crippen LogP contribution is 2.29. The zero-order valence-electron chi connectivity index (χ0n) is 13.0. The Morgan fingerprint density at radius 3 is 2.65 bits per heavy atom. The highest BCUT2D eigenvalue weighted by molar-refractivity contribution is 7.89. The first-order chi connectivity index (χ1) is 10.6. The van der Waals surface area contributed by atoms with Gasteiger partial charge in [0.25, 0.3) is 0 Å². The Labute approximate surface area is 144 Å². The van der Waals surface area contributed by atoms with Crippen LogP contribution in [0.5, 0.6) is 0 Å². The van der Waals surface area contributed by atoms with Gasteiger partial charge in [0.1, 0.15) is 0 Å². The van der Waals surface area contributed by atoms with Gasteiger partial charge in [-0.25, -0.2) is 8.42 Å². The number of hydrogen-bond donors (Lipinski definition) is 1. The molecule has 2 N–H and O–H groups in total. The molecule has 126 valence electrons. The molecule has 0 amide bonds.